The molecule has 3 heterocycles. The molecule has 0 saturated carbocycles. The zero-order chi connectivity index (χ0) is 24.4. The molecule has 9 nitrogen and oxygen atoms in total. The van der Waals surface area contributed by atoms with Gasteiger partial charge < -0.3 is 14.1 Å². The highest BCUT2D eigenvalue weighted by Crippen LogP contribution is 2.27. The predicted molar refractivity (Wildman–Crippen MR) is 134 cm³/mol. The van der Waals surface area contributed by atoms with Gasteiger partial charge in [-0.3, -0.25) is 4.79 Å². The first kappa shape index (κ1) is 23.4. The summed E-state index contributed by atoms with van der Waals surface area (Å²) < 4.78 is 11.6. The Kier molecular flexibility index (Phi) is 6.60. The number of nitrogens with zero attached hydrogens (tertiary/aromatic N) is 4. The normalized spacial score (nSPS) is 11.5. The number of thiophene rings is 1. The number of anilines is 1. The number of aromatic nitrogens is 2. The zero-order valence-electron chi connectivity index (χ0n) is 19.3. The van der Waals surface area contributed by atoms with Crippen LogP contribution in [0.2, 0.25) is 0 Å². The molecule has 4 aromatic rings. The Morgan fingerprint density at radius 3 is 2.71 bits per heavy atom. The summed E-state index contributed by atoms with van der Waals surface area (Å²) >= 11 is 1.10. The maximum Gasteiger partial charge on any atom is 0.348 e. The van der Waals surface area contributed by atoms with E-state index in [1.165, 1.54) is 12.5 Å². The molecule has 0 aliphatic rings. The molecule has 0 unspecified atom stereocenters. The molecular weight excluding hydrogens is 456 g/mol. The number of ether oxygens (including phenoxy) is 1. The topological polar surface area (TPSA) is 107 Å². The van der Waals surface area contributed by atoms with Crippen molar-refractivity contribution in [2.24, 2.45) is 5.10 Å². The van der Waals surface area contributed by atoms with Gasteiger partial charge in [-0.2, -0.15) is 9.78 Å². The van der Waals surface area contributed by atoms with E-state index < -0.39 is 17.2 Å². The Balaban J connectivity index is 1.71. The summed E-state index contributed by atoms with van der Waals surface area (Å²) in [4.78, 5) is 44.8. The van der Waals surface area contributed by atoms with E-state index >= 15 is 0 Å². The maximum atomic E-state index is 13.0. The Morgan fingerprint density at radius 2 is 2.00 bits per heavy atom. The van der Waals surface area contributed by atoms with Crippen LogP contribution < -0.4 is 16.1 Å². The van der Waals surface area contributed by atoms with Gasteiger partial charge >= 0.3 is 11.6 Å². The fraction of sp³-hybridized carbons (Fsp3) is 0.292. The monoisotopic (exact) mass is 480 g/mol. The van der Waals surface area contributed by atoms with Gasteiger partial charge in [-0.15, -0.1) is 11.3 Å². The van der Waals surface area contributed by atoms with Crippen LogP contribution in [0.3, 0.4) is 0 Å². The first-order valence-corrected chi connectivity index (χ1v) is 11.7. The lowest BCUT2D eigenvalue weighted by Gasteiger charge is -2.20. The molecule has 0 atom stereocenters. The first-order valence-electron chi connectivity index (χ1n) is 10.9. The molecule has 0 amide bonds. The molecule has 10 heteroatoms. The molecule has 0 bridgehead atoms. The van der Waals surface area contributed by atoms with Gasteiger partial charge in [-0.05, 0) is 51.5 Å². The summed E-state index contributed by atoms with van der Waals surface area (Å²) in [5, 5.41) is 5.17. The summed E-state index contributed by atoms with van der Waals surface area (Å²) in [7, 11) is 0. The molecule has 176 valence electrons. The smallest absolute Gasteiger partial charge is 0.348 e. The summed E-state index contributed by atoms with van der Waals surface area (Å²) in [6, 6.07) is 7.36. The lowest BCUT2D eigenvalue weighted by atomic mass is 10.1. The van der Waals surface area contributed by atoms with Crippen molar-refractivity contribution in [2.75, 3.05) is 24.6 Å². The second-order valence-corrected chi connectivity index (χ2v) is 8.48. The number of aryl methyl sites for hydroxylation is 1. The molecule has 0 aliphatic carbocycles. The Morgan fingerprint density at radius 1 is 1.24 bits per heavy atom. The number of hydrogen-bond donors (Lipinski definition) is 0. The number of rotatable bonds is 7. The molecule has 0 fully saturated rings. The highest BCUT2D eigenvalue weighted by molar-refractivity contribution is 7.20. The van der Waals surface area contributed by atoms with Crippen molar-refractivity contribution in [1.82, 2.24) is 9.66 Å². The van der Waals surface area contributed by atoms with Crippen LogP contribution in [0.1, 0.15) is 41.6 Å². The molecule has 1 aromatic carbocycles. The van der Waals surface area contributed by atoms with Crippen LogP contribution in [0, 0.1) is 6.92 Å². The van der Waals surface area contributed by atoms with Crippen LogP contribution in [-0.2, 0) is 4.74 Å². The van der Waals surface area contributed by atoms with Crippen molar-refractivity contribution < 1.29 is 13.9 Å². The SMILES string of the molecule is CCOC(=O)c1sc2ncn(N=Cc3cc4ccc(N(CC)CC)cc4oc3=O)c(=O)c2c1C. The van der Waals surface area contributed by atoms with Crippen LogP contribution in [0.5, 0.6) is 0 Å². The van der Waals surface area contributed by atoms with Crippen LogP contribution in [0.15, 0.2) is 49.7 Å². The van der Waals surface area contributed by atoms with Gasteiger partial charge in [0.1, 0.15) is 21.6 Å². The highest BCUT2D eigenvalue weighted by atomic mass is 32.1. The molecular formula is C24H24N4O5S. The fourth-order valence-corrected chi connectivity index (χ4v) is 4.74. The van der Waals surface area contributed by atoms with E-state index in [1.807, 2.05) is 18.2 Å². The van der Waals surface area contributed by atoms with E-state index in [1.54, 1.807) is 19.9 Å². The lowest BCUT2D eigenvalue weighted by Crippen LogP contribution is -2.21. The number of esters is 1. The van der Waals surface area contributed by atoms with E-state index in [0.717, 1.165) is 40.2 Å². The van der Waals surface area contributed by atoms with Gasteiger partial charge in [0, 0.05) is 30.2 Å². The molecule has 0 saturated heterocycles. The zero-order valence-corrected chi connectivity index (χ0v) is 20.1. The van der Waals surface area contributed by atoms with E-state index in [-0.39, 0.29) is 12.2 Å². The van der Waals surface area contributed by atoms with E-state index in [0.29, 0.717) is 26.2 Å². The van der Waals surface area contributed by atoms with Crippen molar-refractivity contribution in [3.8, 4) is 0 Å². The molecule has 3 aromatic heterocycles. The standard InChI is InChI=1S/C24H24N4O5S/c1-5-27(6-2)17-9-8-15-10-16(23(30)33-18(15)11-17)12-26-28-13-25-21-19(22(28)29)14(4)20(34-21)24(31)32-7-3/h8-13H,5-7H2,1-4H3. The minimum absolute atomic E-state index is 0.198. The van der Waals surface area contributed by atoms with Gasteiger partial charge in [0.25, 0.3) is 5.56 Å². The third kappa shape index (κ3) is 4.24. The summed E-state index contributed by atoms with van der Waals surface area (Å²) in [5.74, 6) is -0.490. The molecule has 4 rings (SSSR count). The van der Waals surface area contributed by atoms with Crippen molar-refractivity contribution in [3.63, 3.8) is 0 Å². The minimum Gasteiger partial charge on any atom is -0.462 e. The van der Waals surface area contributed by atoms with Crippen LogP contribution in [0.25, 0.3) is 21.2 Å². The van der Waals surface area contributed by atoms with Gasteiger partial charge in [-0.25, -0.2) is 14.6 Å². The second-order valence-electron chi connectivity index (χ2n) is 7.48. The highest BCUT2D eigenvalue weighted by Gasteiger charge is 2.20. The van der Waals surface area contributed by atoms with Crippen LogP contribution in [0.4, 0.5) is 5.69 Å². The third-order valence-corrected chi connectivity index (χ3v) is 6.67. The number of fused-ring (bicyclic) bond motifs is 2. The molecule has 0 spiro atoms. The number of benzene rings is 1. The summed E-state index contributed by atoms with van der Waals surface area (Å²) in [5.41, 5.74) is 1.14. The molecule has 0 aliphatic heterocycles. The van der Waals surface area contributed by atoms with Gasteiger partial charge in [-0.1, -0.05) is 0 Å². The van der Waals surface area contributed by atoms with Gasteiger partial charge in [0.2, 0.25) is 0 Å². The van der Waals surface area contributed by atoms with Crippen molar-refractivity contribution in [1.29, 1.82) is 0 Å². The van der Waals surface area contributed by atoms with Crippen molar-refractivity contribution >= 4 is 50.4 Å². The number of carbonyl (C=O) groups is 1. The van der Waals surface area contributed by atoms with Crippen LogP contribution in [-0.4, -0.2) is 41.5 Å². The quantitative estimate of drug-likeness (QED) is 0.225. The Hall–Kier alpha value is -3.79. The van der Waals surface area contributed by atoms with Crippen molar-refractivity contribution in [2.45, 2.75) is 27.7 Å². The van der Waals surface area contributed by atoms with E-state index in [2.05, 4.69) is 28.8 Å². The Bertz CT molecular complexity index is 1530. The van der Waals surface area contributed by atoms with E-state index in [9.17, 15) is 14.4 Å². The summed E-state index contributed by atoms with van der Waals surface area (Å²) in [6.45, 7) is 9.43. The lowest BCUT2D eigenvalue weighted by molar-refractivity contribution is 0.0531. The minimum atomic E-state index is -0.564. The van der Waals surface area contributed by atoms with Gasteiger partial charge in [0.15, 0.2) is 0 Å². The second kappa shape index (κ2) is 9.60. The average Bonchev–Trinajstić information content (AvgIpc) is 3.17. The first-order chi connectivity index (χ1) is 16.4. The average molecular weight is 481 g/mol. The number of carbonyl (C=O) groups excluding carboxylic acids is 1. The van der Waals surface area contributed by atoms with Crippen molar-refractivity contribution in [3.05, 3.63) is 67.4 Å². The van der Waals surface area contributed by atoms with Crippen LogP contribution >= 0.6 is 11.3 Å². The third-order valence-electron chi connectivity index (χ3n) is 5.49. The molecule has 34 heavy (non-hydrogen) atoms. The van der Waals surface area contributed by atoms with E-state index in [4.69, 9.17) is 9.15 Å². The molecule has 0 radical (unpaired) electrons. The fourth-order valence-electron chi connectivity index (χ4n) is 3.70. The summed E-state index contributed by atoms with van der Waals surface area (Å²) in [6.07, 6.45) is 2.53. The largest absolute Gasteiger partial charge is 0.462 e. The molecule has 0 N–H and O–H groups in total. The maximum absolute atomic E-state index is 13.0. The predicted octanol–water partition coefficient (Wildman–Crippen LogP) is 3.78. The van der Waals surface area contributed by atoms with Gasteiger partial charge in [0.05, 0.1) is 23.8 Å². The number of hydrogen-bond acceptors (Lipinski definition) is 9. The Labute approximate surface area is 198 Å².